The average molecular weight is 416 g/mol. The molecule has 0 bridgehead atoms. The third kappa shape index (κ3) is 7.82. The predicted molar refractivity (Wildman–Crippen MR) is 118 cm³/mol. The molecule has 6 nitrogen and oxygen atoms in total. The van der Waals surface area contributed by atoms with Gasteiger partial charge in [0.05, 0.1) is 12.2 Å². The molecule has 2 heterocycles. The van der Waals surface area contributed by atoms with E-state index >= 15 is 0 Å². The molecule has 0 spiro atoms. The van der Waals surface area contributed by atoms with Gasteiger partial charge in [0.15, 0.2) is 0 Å². The Balaban J connectivity index is 1.28. The minimum Gasteiger partial charge on any atom is -0.372 e. The second-order valence-corrected chi connectivity index (χ2v) is 8.88. The number of ether oxygens (including phenoxy) is 1. The van der Waals surface area contributed by atoms with Crippen molar-refractivity contribution in [3.63, 3.8) is 0 Å². The van der Waals surface area contributed by atoms with Gasteiger partial charge < -0.3 is 14.8 Å². The standard InChI is InChI=1S/C24H37N3O3/c1-19-6-8-21(9-7-19)17-26-12-14-27(15-13-26)18-23-11-10-22(30-23)16-25-24(29)5-3-4-20(2)28/h6-9,22-23H,3-5,10-18H2,1-2H3,(H,25,29). The number of nitrogens with zero attached hydrogens (tertiary/aromatic N) is 2. The van der Waals surface area contributed by atoms with Crippen LogP contribution in [0.1, 0.15) is 50.2 Å². The van der Waals surface area contributed by atoms with E-state index in [-0.39, 0.29) is 23.9 Å². The van der Waals surface area contributed by atoms with Crippen molar-refractivity contribution in [2.75, 3.05) is 39.3 Å². The number of amides is 1. The molecule has 2 saturated heterocycles. The third-order valence-corrected chi connectivity index (χ3v) is 6.11. The van der Waals surface area contributed by atoms with Gasteiger partial charge in [-0.3, -0.25) is 14.6 Å². The molecule has 2 fully saturated rings. The molecular formula is C24H37N3O3. The molecule has 1 N–H and O–H groups in total. The Hall–Kier alpha value is -1.76. The number of piperazine rings is 1. The van der Waals surface area contributed by atoms with E-state index in [1.54, 1.807) is 6.92 Å². The van der Waals surface area contributed by atoms with Gasteiger partial charge in [-0.25, -0.2) is 0 Å². The first-order chi connectivity index (χ1) is 14.5. The van der Waals surface area contributed by atoms with E-state index in [0.29, 0.717) is 25.8 Å². The lowest BCUT2D eigenvalue weighted by molar-refractivity contribution is -0.122. The molecule has 2 atom stereocenters. The zero-order valence-electron chi connectivity index (χ0n) is 18.6. The maximum absolute atomic E-state index is 11.9. The van der Waals surface area contributed by atoms with Crippen LogP contribution in [0.5, 0.6) is 0 Å². The monoisotopic (exact) mass is 415 g/mol. The van der Waals surface area contributed by atoms with Crippen LogP contribution in [0.3, 0.4) is 0 Å². The number of benzene rings is 1. The maximum atomic E-state index is 11.9. The number of Topliss-reactive ketones (excluding diaryl/α,β-unsaturated/α-hetero) is 1. The van der Waals surface area contributed by atoms with Gasteiger partial charge in [-0.05, 0) is 38.7 Å². The highest BCUT2D eigenvalue weighted by Gasteiger charge is 2.28. The molecular weight excluding hydrogens is 378 g/mol. The number of nitrogens with one attached hydrogen (secondary N) is 1. The summed E-state index contributed by atoms with van der Waals surface area (Å²) in [5.41, 5.74) is 2.70. The number of carbonyl (C=O) groups is 2. The lowest BCUT2D eigenvalue weighted by atomic mass is 10.1. The van der Waals surface area contributed by atoms with Gasteiger partial charge in [0.25, 0.3) is 0 Å². The van der Waals surface area contributed by atoms with E-state index in [2.05, 4.69) is 46.3 Å². The summed E-state index contributed by atoms with van der Waals surface area (Å²) in [4.78, 5) is 27.9. The fraction of sp³-hybridized carbons (Fsp3) is 0.667. The molecule has 2 aliphatic rings. The molecule has 0 radical (unpaired) electrons. The molecule has 2 unspecified atom stereocenters. The number of rotatable bonds is 10. The topological polar surface area (TPSA) is 61.9 Å². The largest absolute Gasteiger partial charge is 0.372 e. The van der Waals surface area contributed by atoms with Crippen molar-refractivity contribution in [1.29, 1.82) is 0 Å². The van der Waals surface area contributed by atoms with E-state index in [1.807, 2.05) is 0 Å². The Bertz CT molecular complexity index is 683. The Labute approximate surface area is 180 Å². The Morgan fingerprint density at radius 2 is 1.67 bits per heavy atom. The molecule has 0 aromatic heterocycles. The van der Waals surface area contributed by atoms with Crippen LogP contribution in [0.4, 0.5) is 0 Å². The lowest BCUT2D eigenvalue weighted by Gasteiger charge is -2.35. The minimum atomic E-state index is 0.0213. The van der Waals surface area contributed by atoms with E-state index in [9.17, 15) is 9.59 Å². The summed E-state index contributed by atoms with van der Waals surface area (Å²) in [5, 5.41) is 2.96. The Kier molecular flexibility index (Phi) is 8.85. The van der Waals surface area contributed by atoms with E-state index in [0.717, 1.165) is 52.1 Å². The summed E-state index contributed by atoms with van der Waals surface area (Å²) in [7, 11) is 0. The highest BCUT2D eigenvalue weighted by atomic mass is 16.5. The summed E-state index contributed by atoms with van der Waals surface area (Å²) in [6.07, 6.45) is 3.99. The smallest absolute Gasteiger partial charge is 0.220 e. The van der Waals surface area contributed by atoms with Gasteiger partial charge in [0, 0.05) is 58.7 Å². The maximum Gasteiger partial charge on any atom is 0.220 e. The first kappa shape index (κ1) is 22.9. The van der Waals surface area contributed by atoms with Gasteiger partial charge in [-0.15, -0.1) is 0 Å². The SMILES string of the molecule is CC(=O)CCCC(=O)NCC1CCC(CN2CCN(Cc3ccc(C)cc3)CC2)O1. The number of aryl methyl sites for hydroxylation is 1. The quantitative estimate of drug-likeness (QED) is 0.636. The van der Waals surface area contributed by atoms with E-state index in [1.165, 1.54) is 11.1 Å². The van der Waals surface area contributed by atoms with Crippen molar-refractivity contribution in [3.8, 4) is 0 Å². The van der Waals surface area contributed by atoms with Gasteiger partial charge in [0.1, 0.15) is 5.78 Å². The first-order valence-corrected chi connectivity index (χ1v) is 11.4. The number of carbonyl (C=O) groups excluding carboxylic acids is 2. The molecule has 1 aromatic carbocycles. The third-order valence-electron chi connectivity index (χ3n) is 6.11. The van der Waals surface area contributed by atoms with Crippen LogP contribution >= 0.6 is 0 Å². The molecule has 6 heteroatoms. The summed E-state index contributed by atoms with van der Waals surface area (Å²) >= 11 is 0. The molecule has 0 saturated carbocycles. The summed E-state index contributed by atoms with van der Waals surface area (Å²) in [6.45, 7) is 10.7. The Morgan fingerprint density at radius 1 is 1.00 bits per heavy atom. The minimum absolute atomic E-state index is 0.0213. The molecule has 0 aliphatic carbocycles. The van der Waals surface area contributed by atoms with E-state index < -0.39 is 0 Å². The highest BCUT2D eigenvalue weighted by Crippen LogP contribution is 2.21. The van der Waals surface area contributed by atoms with Crippen molar-refractivity contribution < 1.29 is 14.3 Å². The lowest BCUT2D eigenvalue weighted by Crippen LogP contribution is -2.48. The van der Waals surface area contributed by atoms with Crippen LogP contribution in [0.15, 0.2) is 24.3 Å². The molecule has 3 rings (SSSR count). The zero-order valence-corrected chi connectivity index (χ0v) is 18.6. The second kappa shape index (κ2) is 11.6. The van der Waals surface area contributed by atoms with Crippen LogP contribution in [0.2, 0.25) is 0 Å². The van der Waals surface area contributed by atoms with Crippen molar-refractivity contribution in [1.82, 2.24) is 15.1 Å². The molecule has 166 valence electrons. The van der Waals surface area contributed by atoms with Crippen molar-refractivity contribution in [2.45, 2.75) is 64.7 Å². The Morgan fingerprint density at radius 3 is 2.37 bits per heavy atom. The van der Waals surface area contributed by atoms with Gasteiger partial charge in [0.2, 0.25) is 5.91 Å². The second-order valence-electron chi connectivity index (χ2n) is 8.88. The van der Waals surface area contributed by atoms with Crippen molar-refractivity contribution in [3.05, 3.63) is 35.4 Å². The molecule has 2 aliphatic heterocycles. The van der Waals surface area contributed by atoms with Crippen LogP contribution in [0.25, 0.3) is 0 Å². The van der Waals surface area contributed by atoms with Crippen LogP contribution in [-0.2, 0) is 20.9 Å². The molecule has 1 aromatic rings. The van der Waals surface area contributed by atoms with Crippen molar-refractivity contribution in [2.24, 2.45) is 0 Å². The average Bonchev–Trinajstić information content (AvgIpc) is 3.17. The van der Waals surface area contributed by atoms with E-state index in [4.69, 9.17) is 4.74 Å². The van der Waals surface area contributed by atoms with Crippen LogP contribution in [0, 0.1) is 6.92 Å². The fourth-order valence-corrected chi connectivity index (χ4v) is 4.25. The first-order valence-electron chi connectivity index (χ1n) is 11.4. The summed E-state index contributed by atoms with van der Waals surface area (Å²) in [5.74, 6) is 0.161. The predicted octanol–water partition coefficient (Wildman–Crippen LogP) is 2.54. The van der Waals surface area contributed by atoms with Crippen LogP contribution < -0.4 is 5.32 Å². The normalized spacial score (nSPS) is 22.9. The van der Waals surface area contributed by atoms with Gasteiger partial charge in [-0.1, -0.05) is 29.8 Å². The number of ketones is 1. The van der Waals surface area contributed by atoms with Gasteiger partial charge in [-0.2, -0.15) is 0 Å². The molecule has 30 heavy (non-hydrogen) atoms. The van der Waals surface area contributed by atoms with Gasteiger partial charge >= 0.3 is 0 Å². The fourth-order valence-electron chi connectivity index (χ4n) is 4.25. The zero-order chi connectivity index (χ0) is 21.3. The summed E-state index contributed by atoms with van der Waals surface area (Å²) < 4.78 is 6.17. The number of hydrogen-bond acceptors (Lipinski definition) is 5. The molecule has 1 amide bonds. The van der Waals surface area contributed by atoms with Crippen LogP contribution in [-0.4, -0.2) is 73.0 Å². The van der Waals surface area contributed by atoms with Crippen molar-refractivity contribution >= 4 is 11.7 Å². The number of hydrogen-bond donors (Lipinski definition) is 1. The highest BCUT2D eigenvalue weighted by molar-refractivity contribution is 5.78. The summed E-state index contributed by atoms with van der Waals surface area (Å²) in [6, 6.07) is 8.84.